The summed E-state index contributed by atoms with van der Waals surface area (Å²) in [5.74, 6) is 0.825. The number of aryl methyl sites for hydroxylation is 5. The molecule has 0 aromatic heterocycles. The fourth-order valence-corrected chi connectivity index (χ4v) is 4.14. The SMILES string of the molecule is Cc1cc(C)c(OCCNS(=O)(=O)c2cc(C)ccc2C)c(C)c1. The van der Waals surface area contributed by atoms with Gasteiger partial charge < -0.3 is 4.74 Å². The van der Waals surface area contributed by atoms with E-state index in [1.165, 1.54) is 5.56 Å². The molecule has 4 nitrogen and oxygen atoms in total. The van der Waals surface area contributed by atoms with Crippen molar-refractivity contribution < 1.29 is 13.2 Å². The highest BCUT2D eigenvalue weighted by atomic mass is 32.2. The molecule has 0 heterocycles. The Labute approximate surface area is 144 Å². The second kappa shape index (κ2) is 7.36. The molecule has 0 aliphatic rings. The van der Waals surface area contributed by atoms with Gasteiger partial charge in [-0.05, 0) is 62.9 Å². The zero-order valence-electron chi connectivity index (χ0n) is 14.9. The number of nitrogens with one attached hydrogen (secondary N) is 1. The summed E-state index contributed by atoms with van der Waals surface area (Å²) in [5.41, 5.74) is 4.96. The maximum Gasteiger partial charge on any atom is 0.240 e. The fraction of sp³-hybridized carbons (Fsp3) is 0.368. The van der Waals surface area contributed by atoms with E-state index in [-0.39, 0.29) is 13.2 Å². The predicted molar refractivity (Wildman–Crippen MR) is 97.3 cm³/mol. The van der Waals surface area contributed by atoms with Crippen molar-refractivity contribution in [1.29, 1.82) is 0 Å². The summed E-state index contributed by atoms with van der Waals surface area (Å²) < 4.78 is 33.2. The minimum atomic E-state index is -3.52. The molecule has 0 spiro atoms. The van der Waals surface area contributed by atoms with Crippen LogP contribution in [0.5, 0.6) is 5.75 Å². The first-order chi connectivity index (χ1) is 11.2. The second-order valence-electron chi connectivity index (χ2n) is 6.24. The average molecular weight is 347 g/mol. The van der Waals surface area contributed by atoms with E-state index >= 15 is 0 Å². The summed E-state index contributed by atoms with van der Waals surface area (Å²) in [6.07, 6.45) is 0. The maximum atomic E-state index is 12.4. The first-order valence-corrected chi connectivity index (χ1v) is 9.46. The second-order valence-corrected chi connectivity index (χ2v) is 7.98. The van der Waals surface area contributed by atoms with Gasteiger partial charge in [0.1, 0.15) is 12.4 Å². The van der Waals surface area contributed by atoms with Crippen molar-refractivity contribution in [3.8, 4) is 5.75 Å². The number of rotatable bonds is 6. The number of sulfonamides is 1. The van der Waals surface area contributed by atoms with Crippen molar-refractivity contribution >= 4 is 10.0 Å². The van der Waals surface area contributed by atoms with Crippen molar-refractivity contribution in [2.45, 2.75) is 39.5 Å². The third-order valence-corrected chi connectivity index (χ3v) is 5.48. The zero-order chi connectivity index (χ0) is 17.9. The number of hydrogen-bond donors (Lipinski definition) is 1. The number of hydrogen-bond acceptors (Lipinski definition) is 3. The minimum Gasteiger partial charge on any atom is -0.492 e. The Kier molecular flexibility index (Phi) is 5.67. The van der Waals surface area contributed by atoms with E-state index in [0.717, 1.165) is 28.0 Å². The van der Waals surface area contributed by atoms with Crippen molar-refractivity contribution in [1.82, 2.24) is 4.72 Å². The van der Waals surface area contributed by atoms with Gasteiger partial charge in [-0.2, -0.15) is 0 Å². The van der Waals surface area contributed by atoms with Crippen LogP contribution < -0.4 is 9.46 Å². The van der Waals surface area contributed by atoms with E-state index in [1.54, 1.807) is 13.0 Å². The highest BCUT2D eigenvalue weighted by Gasteiger charge is 2.16. The van der Waals surface area contributed by atoms with Gasteiger partial charge in [-0.15, -0.1) is 0 Å². The van der Waals surface area contributed by atoms with E-state index in [1.807, 2.05) is 39.8 Å². The topological polar surface area (TPSA) is 55.4 Å². The van der Waals surface area contributed by atoms with E-state index in [2.05, 4.69) is 16.9 Å². The molecule has 0 aliphatic carbocycles. The van der Waals surface area contributed by atoms with E-state index in [0.29, 0.717) is 4.90 Å². The Morgan fingerprint density at radius 2 is 1.50 bits per heavy atom. The lowest BCUT2D eigenvalue weighted by atomic mass is 10.1. The molecule has 0 saturated heterocycles. The highest BCUT2D eigenvalue weighted by molar-refractivity contribution is 7.89. The van der Waals surface area contributed by atoms with Crippen LogP contribution in [0.1, 0.15) is 27.8 Å². The number of benzene rings is 2. The Balaban J connectivity index is 2.00. The normalized spacial score (nSPS) is 11.5. The fourth-order valence-electron chi connectivity index (χ4n) is 2.80. The summed E-state index contributed by atoms with van der Waals surface area (Å²) >= 11 is 0. The van der Waals surface area contributed by atoms with Gasteiger partial charge in [0.15, 0.2) is 0 Å². The summed E-state index contributed by atoms with van der Waals surface area (Å²) in [6, 6.07) is 9.53. The molecule has 0 atom stereocenters. The lowest BCUT2D eigenvalue weighted by Crippen LogP contribution is -2.29. The predicted octanol–water partition coefficient (Wildman–Crippen LogP) is 3.59. The van der Waals surface area contributed by atoms with Gasteiger partial charge in [0, 0.05) is 6.54 Å². The molecule has 130 valence electrons. The molecule has 0 saturated carbocycles. The third-order valence-electron chi connectivity index (χ3n) is 3.88. The molecule has 0 aliphatic heterocycles. The van der Waals surface area contributed by atoms with Crippen LogP contribution in [0.15, 0.2) is 35.2 Å². The zero-order valence-corrected chi connectivity index (χ0v) is 15.8. The minimum absolute atomic E-state index is 0.225. The standard InChI is InChI=1S/C19H25NO3S/c1-13-6-7-15(3)18(12-13)24(21,22)20-8-9-23-19-16(4)10-14(2)11-17(19)5/h6-7,10-12,20H,8-9H2,1-5H3. The third kappa shape index (κ3) is 4.36. The summed E-state index contributed by atoms with van der Waals surface area (Å²) in [7, 11) is -3.52. The molecule has 0 radical (unpaired) electrons. The molecule has 0 unspecified atom stereocenters. The Bertz CT molecular complexity index is 819. The van der Waals surface area contributed by atoms with Crippen LogP contribution in [0.25, 0.3) is 0 Å². The van der Waals surface area contributed by atoms with Crippen LogP contribution in [-0.4, -0.2) is 21.6 Å². The summed E-state index contributed by atoms with van der Waals surface area (Å²) in [5, 5.41) is 0. The highest BCUT2D eigenvalue weighted by Crippen LogP contribution is 2.24. The van der Waals surface area contributed by atoms with Crippen LogP contribution in [0, 0.1) is 34.6 Å². The van der Waals surface area contributed by atoms with Crippen LogP contribution in [-0.2, 0) is 10.0 Å². The Morgan fingerprint density at radius 3 is 2.12 bits per heavy atom. The van der Waals surface area contributed by atoms with Gasteiger partial charge in [-0.1, -0.05) is 29.8 Å². The average Bonchev–Trinajstić information content (AvgIpc) is 2.47. The molecule has 1 N–H and O–H groups in total. The van der Waals surface area contributed by atoms with E-state index in [4.69, 9.17) is 4.74 Å². The molecular formula is C19H25NO3S. The van der Waals surface area contributed by atoms with Gasteiger partial charge >= 0.3 is 0 Å². The van der Waals surface area contributed by atoms with E-state index < -0.39 is 10.0 Å². The monoisotopic (exact) mass is 347 g/mol. The summed E-state index contributed by atoms with van der Waals surface area (Å²) in [6.45, 7) is 10.2. The Hall–Kier alpha value is -1.85. The van der Waals surface area contributed by atoms with Gasteiger partial charge in [-0.3, -0.25) is 0 Å². The molecular weight excluding hydrogens is 322 g/mol. The molecule has 2 rings (SSSR count). The maximum absolute atomic E-state index is 12.4. The molecule has 5 heteroatoms. The Morgan fingerprint density at radius 1 is 0.875 bits per heavy atom. The van der Waals surface area contributed by atoms with Gasteiger partial charge in [0.05, 0.1) is 4.90 Å². The van der Waals surface area contributed by atoms with E-state index in [9.17, 15) is 8.42 Å². The molecule has 0 amide bonds. The van der Waals surface area contributed by atoms with Crippen LogP contribution in [0.2, 0.25) is 0 Å². The molecule has 24 heavy (non-hydrogen) atoms. The quantitative estimate of drug-likeness (QED) is 0.813. The summed E-state index contributed by atoms with van der Waals surface area (Å²) in [4.78, 5) is 0.324. The van der Waals surface area contributed by atoms with Crippen molar-refractivity contribution in [2.75, 3.05) is 13.2 Å². The molecule has 0 fully saturated rings. The largest absolute Gasteiger partial charge is 0.492 e. The van der Waals surface area contributed by atoms with Crippen molar-refractivity contribution in [3.05, 3.63) is 58.1 Å². The molecule has 0 bridgehead atoms. The number of ether oxygens (including phenoxy) is 1. The lowest BCUT2D eigenvalue weighted by molar-refractivity contribution is 0.318. The lowest BCUT2D eigenvalue weighted by Gasteiger charge is -2.14. The first-order valence-electron chi connectivity index (χ1n) is 7.98. The van der Waals surface area contributed by atoms with Crippen molar-refractivity contribution in [2.24, 2.45) is 0 Å². The van der Waals surface area contributed by atoms with Gasteiger partial charge in [0.25, 0.3) is 0 Å². The van der Waals surface area contributed by atoms with Crippen LogP contribution in [0.3, 0.4) is 0 Å². The molecule has 2 aromatic rings. The van der Waals surface area contributed by atoms with Crippen molar-refractivity contribution in [3.63, 3.8) is 0 Å². The molecule has 2 aromatic carbocycles. The first kappa shape index (κ1) is 18.5. The smallest absolute Gasteiger partial charge is 0.240 e. The van der Waals surface area contributed by atoms with Gasteiger partial charge in [-0.25, -0.2) is 13.1 Å². The van der Waals surface area contributed by atoms with Crippen LogP contribution >= 0.6 is 0 Å². The van der Waals surface area contributed by atoms with Crippen LogP contribution in [0.4, 0.5) is 0 Å². The van der Waals surface area contributed by atoms with Gasteiger partial charge in [0.2, 0.25) is 10.0 Å².